The first-order chi connectivity index (χ1) is 5.41. The molecule has 3 nitrogen and oxygen atoms in total. The minimum atomic E-state index is 0. The summed E-state index contributed by atoms with van der Waals surface area (Å²) in [7, 11) is 0. The first-order valence-corrected chi connectivity index (χ1v) is 5.55. The Morgan fingerprint density at radius 1 is 0.917 bits per heavy atom. The van der Waals surface area contributed by atoms with Crippen molar-refractivity contribution >= 4 is 36.5 Å². The lowest BCUT2D eigenvalue weighted by molar-refractivity contribution is 0.745. The second-order valence-electron chi connectivity index (χ2n) is 2.00. The van der Waals surface area contributed by atoms with Gasteiger partial charge in [0.15, 0.2) is 0 Å². The predicted octanol–water partition coefficient (Wildman–Crippen LogP) is 1.42. The molecule has 0 aromatic carbocycles. The molecule has 76 valence electrons. The van der Waals surface area contributed by atoms with E-state index < -0.39 is 0 Å². The van der Waals surface area contributed by atoms with E-state index in [1.54, 1.807) is 0 Å². The van der Waals surface area contributed by atoms with Crippen molar-refractivity contribution in [2.24, 2.45) is 11.5 Å². The van der Waals surface area contributed by atoms with Gasteiger partial charge in [-0.05, 0) is 25.9 Å². The van der Waals surface area contributed by atoms with Crippen LogP contribution in [0.1, 0.15) is 12.8 Å². The Kier molecular flexibility index (Phi) is 18.4. The maximum absolute atomic E-state index is 5.30. The quantitative estimate of drug-likeness (QED) is 0.490. The SMILES string of the molecule is Cl.NCCCSOSCCCN. The standard InChI is InChI=1S/C6H16N2OS2.ClH/c7-3-1-5-10-9-11-6-2-4-8;/h1-8H2;1H. The molecule has 0 radical (unpaired) electrons. The van der Waals surface area contributed by atoms with Gasteiger partial charge < -0.3 is 11.5 Å². The van der Waals surface area contributed by atoms with Crippen LogP contribution >= 0.6 is 36.5 Å². The van der Waals surface area contributed by atoms with Gasteiger partial charge >= 0.3 is 0 Å². The lowest BCUT2D eigenvalue weighted by atomic mass is 10.5. The molecule has 0 atom stereocenters. The van der Waals surface area contributed by atoms with Crippen LogP contribution in [0.3, 0.4) is 0 Å². The molecule has 0 aromatic rings. The van der Waals surface area contributed by atoms with E-state index in [-0.39, 0.29) is 12.4 Å². The molecule has 0 fully saturated rings. The van der Waals surface area contributed by atoms with Gasteiger partial charge in [-0.2, -0.15) is 0 Å². The normalized spacial score (nSPS) is 9.50. The molecule has 0 saturated carbocycles. The summed E-state index contributed by atoms with van der Waals surface area (Å²) in [5.41, 5.74) is 10.6. The lowest BCUT2D eigenvalue weighted by Gasteiger charge is -1.98. The minimum Gasteiger partial charge on any atom is -0.330 e. The summed E-state index contributed by atoms with van der Waals surface area (Å²) in [6, 6.07) is 0. The van der Waals surface area contributed by atoms with E-state index in [0.717, 1.165) is 37.4 Å². The maximum Gasteiger partial charge on any atom is 0.0222 e. The summed E-state index contributed by atoms with van der Waals surface area (Å²) in [5.74, 6) is 1.96. The van der Waals surface area contributed by atoms with E-state index in [1.165, 1.54) is 24.1 Å². The van der Waals surface area contributed by atoms with E-state index in [2.05, 4.69) is 0 Å². The molecule has 0 spiro atoms. The van der Waals surface area contributed by atoms with Crippen molar-refractivity contribution in [1.29, 1.82) is 0 Å². The molecule has 0 rings (SSSR count). The van der Waals surface area contributed by atoms with Gasteiger partial charge in [0.2, 0.25) is 0 Å². The van der Waals surface area contributed by atoms with Crippen molar-refractivity contribution in [1.82, 2.24) is 0 Å². The van der Waals surface area contributed by atoms with Crippen molar-refractivity contribution < 1.29 is 3.63 Å². The Morgan fingerprint density at radius 3 is 1.67 bits per heavy atom. The average molecular weight is 233 g/mol. The molecule has 0 aliphatic carbocycles. The molecule has 0 heterocycles. The first kappa shape index (κ1) is 15.3. The number of rotatable bonds is 8. The molecule has 0 saturated heterocycles. The molecule has 0 aliphatic rings. The fourth-order valence-corrected chi connectivity index (χ4v) is 1.77. The highest BCUT2D eigenvalue weighted by atomic mass is 35.5. The molecule has 6 heteroatoms. The summed E-state index contributed by atoms with van der Waals surface area (Å²) in [6.45, 7) is 1.48. The fraction of sp³-hybridized carbons (Fsp3) is 1.00. The number of halogens is 1. The van der Waals surface area contributed by atoms with Crippen LogP contribution in [-0.4, -0.2) is 24.6 Å². The number of hydrogen-bond acceptors (Lipinski definition) is 5. The van der Waals surface area contributed by atoms with Crippen LogP contribution < -0.4 is 11.5 Å². The van der Waals surface area contributed by atoms with Crippen LogP contribution in [0.15, 0.2) is 0 Å². The van der Waals surface area contributed by atoms with Gasteiger partial charge in [0.05, 0.1) is 0 Å². The van der Waals surface area contributed by atoms with Crippen molar-refractivity contribution in [3.05, 3.63) is 0 Å². The second kappa shape index (κ2) is 14.4. The predicted molar refractivity (Wildman–Crippen MR) is 60.6 cm³/mol. The van der Waals surface area contributed by atoms with Crippen LogP contribution in [0.4, 0.5) is 0 Å². The molecule has 0 unspecified atom stereocenters. The lowest BCUT2D eigenvalue weighted by Crippen LogP contribution is -2.00. The zero-order valence-electron chi connectivity index (χ0n) is 7.03. The average Bonchev–Trinajstić information content (AvgIpc) is 2.03. The van der Waals surface area contributed by atoms with Gasteiger partial charge in [-0.15, -0.1) is 12.4 Å². The van der Waals surface area contributed by atoms with E-state index in [1.807, 2.05) is 0 Å². The topological polar surface area (TPSA) is 61.3 Å². The van der Waals surface area contributed by atoms with Gasteiger partial charge in [-0.3, -0.25) is 0 Å². The zero-order valence-corrected chi connectivity index (χ0v) is 9.48. The van der Waals surface area contributed by atoms with E-state index in [4.69, 9.17) is 15.1 Å². The third kappa shape index (κ3) is 13.5. The van der Waals surface area contributed by atoms with Crippen LogP contribution in [0, 0.1) is 0 Å². The third-order valence-corrected chi connectivity index (χ3v) is 2.64. The monoisotopic (exact) mass is 232 g/mol. The summed E-state index contributed by atoms with van der Waals surface area (Å²) in [6.07, 6.45) is 2.03. The Morgan fingerprint density at radius 2 is 1.33 bits per heavy atom. The van der Waals surface area contributed by atoms with Gasteiger partial charge in [-0.25, -0.2) is 3.63 Å². The fourth-order valence-electron chi connectivity index (χ4n) is 0.387. The Hall–Kier alpha value is 0.870. The second-order valence-corrected chi connectivity index (χ2v) is 3.83. The summed E-state index contributed by atoms with van der Waals surface area (Å²) in [5, 5.41) is 0. The summed E-state index contributed by atoms with van der Waals surface area (Å²) in [4.78, 5) is 0. The highest BCUT2D eigenvalue weighted by Crippen LogP contribution is 2.15. The molecular formula is C6H17ClN2OS2. The number of nitrogens with two attached hydrogens (primary N) is 2. The molecule has 0 aromatic heterocycles. The van der Waals surface area contributed by atoms with Gasteiger partial charge in [0.1, 0.15) is 0 Å². The van der Waals surface area contributed by atoms with Crippen molar-refractivity contribution in [2.75, 3.05) is 24.6 Å². The summed E-state index contributed by atoms with van der Waals surface area (Å²) >= 11 is 2.94. The Bertz CT molecular complexity index is 72.6. The molecular weight excluding hydrogens is 216 g/mol. The van der Waals surface area contributed by atoms with Crippen LogP contribution in [-0.2, 0) is 3.63 Å². The van der Waals surface area contributed by atoms with Gasteiger partial charge in [-0.1, -0.05) is 0 Å². The number of hydrogen-bond donors (Lipinski definition) is 2. The van der Waals surface area contributed by atoms with Gasteiger partial charge in [0.25, 0.3) is 0 Å². The van der Waals surface area contributed by atoms with Crippen LogP contribution in [0.2, 0.25) is 0 Å². The van der Waals surface area contributed by atoms with Crippen molar-refractivity contribution in [3.8, 4) is 0 Å². The maximum atomic E-state index is 5.30. The highest BCUT2D eigenvalue weighted by molar-refractivity contribution is 8.07. The highest BCUT2D eigenvalue weighted by Gasteiger charge is 1.90. The van der Waals surface area contributed by atoms with Crippen molar-refractivity contribution in [3.63, 3.8) is 0 Å². The summed E-state index contributed by atoms with van der Waals surface area (Å²) < 4.78 is 5.16. The molecule has 12 heavy (non-hydrogen) atoms. The zero-order chi connectivity index (χ0) is 8.36. The molecule has 4 N–H and O–H groups in total. The molecule has 0 aliphatic heterocycles. The molecule has 0 bridgehead atoms. The smallest absolute Gasteiger partial charge is 0.0222 e. The van der Waals surface area contributed by atoms with Gasteiger partial charge in [0, 0.05) is 35.6 Å². The van der Waals surface area contributed by atoms with E-state index in [9.17, 15) is 0 Å². The van der Waals surface area contributed by atoms with E-state index >= 15 is 0 Å². The molecule has 0 amide bonds. The minimum absolute atomic E-state index is 0. The Labute approximate surface area is 89.2 Å². The third-order valence-electron chi connectivity index (χ3n) is 0.960. The van der Waals surface area contributed by atoms with Crippen LogP contribution in [0.5, 0.6) is 0 Å². The first-order valence-electron chi connectivity index (χ1n) is 3.73. The van der Waals surface area contributed by atoms with E-state index in [0.29, 0.717) is 0 Å². The largest absolute Gasteiger partial charge is 0.330 e. The Balaban J connectivity index is 0. The van der Waals surface area contributed by atoms with Crippen molar-refractivity contribution in [2.45, 2.75) is 12.8 Å². The van der Waals surface area contributed by atoms with Crippen LogP contribution in [0.25, 0.3) is 0 Å².